The molecule has 1 saturated heterocycles. The van der Waals surface area contributed by atoms with Crippen molar-refractivity contribution in [2.24, 2.45) is 23.7 Å². The highest BCUT2D eigenvalue weighted by Crippen LogP contribution is 2.56. The average molecular weight is 414 g/mol. The predicted octanol–water partition coefficient (Wildman–Crippen LogP) is 1.99. The maximum absolute atomic E-state index is 12.6. The number of esters is 1. The van der Waals surface area contributed by atoms with Gasteiger partial charge in [0.2, 0.25) is 11.8 Å². The van der Waals surface area contributed by atoms with Crippen LogP contribution in [0.4, 0.5) is 5.69 Å². The van der Waals surface area contributed by atoms with Crippen LogP contribution in [0.5, 0.6) is 5.75 Å². The van der Waals surface area contributed by atoms with Gasteiger partial charge in [-0.05, 0) is 50.2 Å². The van der Waals surface area contributed by atoms with E-state index >= 15 is 0 Å². The minimum Gasteiger partial charge on any atom is -0.492 e. The zero-order chi connectivity index (χ0) is 21.3. The zero-order valence-corrected chi connectivity index (χ0v) is 17.0. The number of benzene rings is 1. The third-order valence-corrected chi connectivity index (χ3v) is 6.38. The Labute approximate surface area is 174 Å². The molecule has 1 aromatic carbocycles. The number of hydrogen-bond acceptors (Lipinski definition) is 6. The Morgan fingerprint density at radius 2 is 1.77 bits per heavy atom. The Balaban J connectivity index is 1.23. The molecule has 2 saturated carbocycles. The van der Waals surface area contributed by atoms with Crippen LogP contribution in [-0.4, -0.2) is 48.3 Å². The number of ether oxygens (including phenoxy) is 2. The summed E-state index contributed by atoms with van der Waals surface area (Å²) in [5.41, 5.74) is 0.495. The minimum absolute atomic E-state index is 0.0116. The second kappa shape index (κ2) is 8.45. The highest BCUT2D eigenvalue weighted by atomic mass is 16.5. The third-order valence-electron chi connectivity index (χ3n) is 6.38. The van der Waals surface area contributed by atoms with E-state index in [2.05, 4.69) is 5.32 Å². The smallest absolute Gasteiger partial charge is 0.308 e. The number of hydrogen-bond donors (Lipinski definition) is 1. The number of anilines is 1. The number of para-hydroxylation sites is 2. The number of carbonyl (C=O) groups is 4. The fourth-order valence-corrected chi connectivity index (χ4v) is 5.15. The first-order valence-corrected chi connectivity index (χ1v) is 10.5. The van der Waals surface area contributed by atoms with Crippen molar-refractivity contribution in [3.63, 3.8) is 0 Å². The second-order valence-corrected chi connectivity index (χ2v) is 8.10. The van der Waals surface area contributed by atoms with Gasteiger partial charge in [0.05, 0.1) is 30.6 Å². The van der Waals surface area contributed by atoms with Crippen LogP contribution in [0.2, 0.25) is 0 Å². The van der Waals surface area contributed by atoms with Gasteiger partial charge in [0.1, 0.15) is 5.75 Å². The van der Waals surface area contributed by atoms with Crippen molar-refractivity contribution < 1.29 is 28.7 Å². The van der Waals surface area contributed by atoms with Gasteiger partial charge in [-0.3, -0.25) is 24.1 Å². The number of nitrogens with zero attached hydrogens (tertiary/aromatic N) is 1. The SMILES string of the molecule is CCOc1ccccc1NC(=O)COC(=O)CCN1C(=O)[C@H]2[C@H]3CC[C@@H](C3)[C@@H]2C1=O. The van der Waals surface area contributed by atoms with E-state index in [-0.39, 0.29) is 36.6 Å². The summed E-state index contributed by atoms with van der Waals surface area (Å²) in [6.07, 6.45) is 2.89. The van der Waals surface area contributed by atoms with Crippen LogP contribution in [-0.2, 0) is 23.9 Å². The van der Waals surface area contributed by atoms with Crippen molar-refractivity contribution >= 4 is 29.4 Å². The number of nitrogens with one attached hydrogen (secondary N) is 1. The van der Waals surface area contributed by atoms with E-state index in [9.17, 15) is 19.2 Å². The number of rotatable bonds is 8. The summed E-state index contributed by atoms with van der Waals surface area (Å²) in [4.78, 5) is 50.6. The standard InChI is InChI=1S/C22H26N2O6/c1-2-29-16-6-4-3-5-15(16)23-17(25)12-30-18(26)9-10-24-21(27)19-13-7-8-14(11-13)20(19)22(24)28/h3-6,13-14,19-20H,2,7-12H2,1H3,(H,23,25)/t13-,14-,19-,20-/m0/s1. The van der Waals surface area contributed by atoms with Gasteiger partial charge >= 0.3 is 5.97 Å². The first-order valence-electron chi connectivity index (χ1n) is 10.5. The molecule has 4 atom stereocenters. The van der Waals surface area contributed by atoms with Crippen molar-refractivity contribution in [3.05, 3.63) is 24.3 Å². The van der Waals surface area contributed by atoms with Gasteiger partial charge in [0, 0.05) is 6.54 Å². The number of imide groups is 1. The molecule has 8 nitrogen and oxygen atoms in total. The van der Waals surface area contributed by atoms with E-state index in [0.717, 1.165) is 19.3 Å². The Hall–Kier alpha value is -2.90. The van der Waals surface area contributed by atoms with Crippen molar-refractivity contribution in [2.75, 3.05) is 25.1 Å². The number of amides is 3. The largest absolute Gasteiger partial charge is 0.492 e. The lowest BCUT2D eigenvalue weighted by Crippen LogP contribution is -2.35. The van der Waals surface area contributed by atoms with Crippen LogP contribution >= 0.6 is 0 Å². The zero-order valence-electron chi connectivity index (χ0n) is 17.0. The molecule has 8 heteroatoms. The first kappa shape index (κ1) is 20.4. The van der Waals surface area contributed by atoms with Crippen molar-refractivity contribution in [1.29, 1.82) is 0 Å². The monoisotopic (exact) mass is 414 g/mol. The lowest BCUT2D eigenvalue weighted by atomic mass is 9.81. The quantitative estimate of drug-likeness (QED) is 0.516. The van der Waals surface area contributed by atoms with Crippen molar-refractivity contribution in [1.82, 2.24) is 4.90 Å². The maximum atomic E-state index is 12.6. The summed E-state index contributed by atoms with van der Waals surface area (Å²) in [6.45, 7) is 1.86. The Morgan fingerprint density at radius 1 is 1.10 bits per heavy atom. The van der Waals surface area contributed by atoms with Gasteiger partial charge in [-0.1, -0.05) is 12.1 Å². The Kier molecular flexibility index (Phi) is 5.74. The topological polar surface area (TPSA) is 102 Å². The van der Waals surface area contributed by atoms with Crippen molar-refractivity contribution in [3.8, 4) is 5.75 Å². The molecule has 3 fully saturated rings. The van der Waals surface area contributed by atoms with Gasteiger partial charge in [0.25, 0.3) is 5.91 Å². The van der Waals surface area contributed by atoms with E-state index in [1.165, 1.54) is 4.90 Å². The molecule has 1 N–H and O–H groups in total. The molecular formula is C22H26N2O6. The summed E-state index contributed by atoms with van der Waals surface area (Å²) in [7, 11) is 0. The molecule has 0 unspecified atom stereocenters. The number of fused-ring (bicyclic) bond motifs is 5. The molecule has 30 heavy (non-hydrogen) atoms. The highest BCUT2D eigenvalue weighted by Gasteiger charge is 2.60. The van der Waals surface area contributed by atoms with Crippen LogP contribution in [0.25, 0.3) is 0 Å². The molecule has 160 valence electrons. The third kappa shape index (κ3) is 3.78. The summed E-state index contributed by atoms with van der Waals surface area (Å²) in [6, 6.07) is 6.98. The summed E-state index contributed by atoms with van der Waals surface area (Å²) >= 11 is 0. The maximum Gasteiger partial charge on any atom is 0.308 e. The van der Waals surface area contributed by atoms with Crippen LogP contribution in [0.1, 0.15) is 32.6 Å². The van der Waals surface area contributed by atoms with E-state index in [0.29, 0.717) is 29.9 Å². The summed E-state index contributed by atoms with van der Waals surface area (Å²) in [5.74, 6) is -0.616. The summed E-state index contributed by atoms with van der Waals surface area (Å²) < 4.78 is 10.5. The van der Waals surface area contributed by atoms with E-state index in [1.54, 1.807) is 24.3 Å². The fourth-order valence-electron chi connectivity index (χ4n) is 5.15. The molecule has 3 amide bonds. The predicted molar refractivity (Wildman–Crippen MR) is 106 cm³/mol. The first-order chi connectivity index (χ1) is 14.5. The van der Waals surface area contributed by atoms with E-state index in [1.807, 2.05) is 6.92 Å². The Bertz CT molecular complexity index is 841. The molecule has 4 rings (SSSR count). The lowest BCUT2D eigenvalue weighted by Gasteiger charge is -2.19. The van der Waals surface area contributed by atoms with Gasteiger partial charge in [-0.15, -0.1) is 0 Å². The van der Waals surface area contributed by atoms with E-state index < -0.39 is 18.5 Å². The van der Waals surface area contributed by atoms with Crippen LogP contribution < -0.4 is 10.1 Å². The molecule has 2 bridgehead atoms. The van der Waals surface area contributed by atoms with Gasteiger partial charge in [-0.2, -0.15) is 0 Å². The number of carbonyl (C=O) groups excluding carboxylic acids is 4. The van der Waals surface area contributed by atoms with Gasteiger partial charge in [0.15, 0.2) is 6.61 Å². The van der Waals surface area contributed by atoms with Crippen LogP contribution in [0.15, 0.2) is 24.3 Å². The highest BCUT2D eigenvalue weighted by molar-refractivity contribution is 6.06. The van der Waals surface area contributed by atoms with Crippen LogP contribution in [0, 0.1) is 23.7 Å². The summed E-state index contributed by atoms with van der Waals surface area (Å²) in [5, 5.41) is 2.65. The fraction of sp³-hybridized carbons (Fsp3) is 0.545. The molecule has 3 aliphatic rings. The molecule has 1 aromatic rings. The van der Waals surface area contributed by atoms with Crippen molar-refractivity contribution in [2.45, 2.75) is 32.6 Å². The van der Waals surface area contributed by atoms with E-state index in [4.69, 9.17) is 9.47 Å². The van der Waals surface area contributed by atoms with Gasteiger partial charge in [-0.25, -0.2) is 0 Å². The average Bonchev–Trinajstić information content (AvgIpc) is 3.41. The van der Waals surface area contributed by atoms with Crippen LogP contribution in [0.3, 0.4) is 0 Å². The molecule has 2 aliphatic carbocycles. The van der Waals surface area contributed by atoms with Gasteiger partial charge < -0.3 is 14.8 Å². The molecule has 1 heterocycles. The minimum atomic E-state index is -0.621. The molecule has 0 aromatic heterocycles. The Morgan fingerprint density at radius 3 is 2.43 bits per heavy atom. The lowest BCUT2D eigenvalue weighted by molar-refractivity contribution is -0.149. The molecular weight excluding hydrogens is 388 g/mol. The normalized spacial score (nSPS) is 26.6. The molecule has 0 radical (unpaired) electrons. The number of likely N-dealkylation sites (tertiary alicyclic amines) is 1. The second-order valence-electron chi connectivity index (χ2n) is 8.10. The molecule has 1 aliphatic heterocycles. The molecule has 0 spiro atoms.